The van der Waals surface area contributed by atoms with E-state index in [0.717, 1.165) is 71.2 Å². The highest BCUT2D eigenvalue weighted by molar-refractivity contribution is 5.79. The smallest absolute Gasteiger partial charge is 0.236 e. The minimum atomic E-state index is -0.642. The van der Waals surface area contributed by atoms with Crippen molar-refractivity contribution in [3.8, 4) is 6.07 Å². The van der Waals surface area contributed by atoms with Crippen LogP contribution in [0.25, 0.3) is 0 Å². The summed E-state index contributed by atoms with van der Waals surface area (Å²) in [5.74, 6) is 0.190. The lowest BCUT2D eigenvalue weighted by atomic mass is 10.00. The van der Waals surface area contributed by atoms with Crippen molar-refractivity contribution in [2.75, 3.05) is 45.8 Å². The molecule has 7 nitrogen and oxygen atoms in total. The fraction of sp³-hybridized carbons (Fsp3) is 0.850. The first-order chi connectivity index (χ1) is 13.0. The molecule has 2 amide bonds. The van der Waals surface area contributed by atoms with Gasteiger partial charge >= 0.3 is 0 Å². The Labute approximate surface area is 162 Å². The molecule has 0 aromatic heterocycles. The summed E-state index contributed by atoms with van der Waals surface area (Å²) in [5, 5.41) is 12.4. The van der Waals surface area contributed by atoms with Crippen LogP contribution in [0.1, 0.15) is 51.9 Å². The van der Waals surface area contributed by atoms with E-state index in [9.17, 15) is 14.9 Å². The monoisotopic (exact) mass is 375 g/mol. The van der Waals surface area contributed by atoms with Gasteiger partial charge in [-0.15, -0.1) is 0 Å². The van der Waals surface area contributed by atoms with E-state index in [-0.39, 0.29) is 11.8 Å². The predicted molar refractivity (Wildman–Crippen MR) is 103 cm³/mol. The Morgan fingerprint density at radius 3 is 2.22 bits per heavy atom. The molecule has 1 saturated carbocycles. The summed E-state index contributed by atoms with van der Waals surface area (Å²) in [6.45, 7) is 7.06. The lowest BCUT2D eigenvalue weighted by Gasteiger charge is -2.38. The van der Waals surface area contributed by atoms with Crippen molar-refractivity contribution in [2.45, 2.75) is 63.5 Å². The van der Waals surface area contributed by atoms with Gasteiger partial charge in [0.05, 0.1) is 19.2 Å². The molecular weight excluding hydrogens is 342 g/mol. The highest BCUT2D eigenvalue weighted by atomic mass is 16.2. The molecule has 0 aromatic rings. The first kappa shape index (κ1) is 20.1. The van der Waals surface area contributed by atoms with E-state index in [1.165, 1.54) is 6.42 Å². The third-order valence-electron chi connectivity index (χ3n) is 6.36. The van der Waals surface area contributed by atoms with Crippen LogP contribution in [0.4, 0.5) is 0 Å². The molecule has 0 spiro atoms. The largest absolute Gasteiger partial charge is 0.339 e. The van der Waals surface area contributed by atoms with Crippen molar-refractivity contribution in [2.24, 2.45) is 0 Å². The van der Waals surface area contributed by atoms with Gasteiger partial charge in [-0.3, -0.25) is 19.4 Å². The first-order valence-electron chi connectivity index (χ1n) is 10.5. The lowest BCUT2D eigenvalue weighted by Crippen LogP contribution is -2.54. The minimum absolute atomic E-state index is 0.0508. The second-order valence-corrected chi connectivity index (χ2v) is 8.43. The van der Waals surface area contributed by atoms with Gasteiger partial charge in [0.25, 0.3) is 0 Å². The standard InChI is InChI=1S/C20H33N5O2/c1-17-6-2-5-9-25(17)19(27)15-24-12-10-23(11-13-24)14-18(26)22-20(16-21)7-3-4-8-20/h17H,2-15H2,1H3,(H,22,26)/t17-/m1/s1. The average Bonchev–Trinajstić information content (AvgIpc) is 3.12. The van der Waals surface area contributed by atoms with Crippen molar-refractivity contribution in [1.29, 1.82) is 5.26 Å². The molecule has 1 N–H and O–H groups in total. The quantitative estimate of drug-likeness (QED) is 0.774. The van der Waals surface area contributed by atoms with Crippen molar-refractivity contribution in [3.05, 3.63) is 0 Å². The van der Waals surface area contributed by atoms with Crippen molar-refractivity contribution >= 4 is 11.8 Å². The van der Waals surface area contributed by atoms with Crippen LogP contribution >= 0.6 is 0 Å². The zero-order chi connectivity index (χ0) is 19.3. The molecule has 3 aliphatic rings. The van der Waals surface area contributed by atoms with Crippen LogP contribution in [0.3, 0.4) is 0 Å². The van der Waals surface area contributed by atoms with Crippen molar-refractivity contribution < 1.29 is 9.59 Å². The molecule has 2 saturated heterocycles. The number of amides is 2. The third kappa shape index (κ3) is 5.20. The summed E-state index contributed by atoms with van der Waals surface area (Å²) in [6.07, 6.45) is 6.99. The molecule has 0 radical (unpaired) electrons. The number of nitrogens with zero attached hydrogens (tertiary/aromatic N) is 4. The number of piperazine rings is 1. The third-order valence-corrected chi connectivity index (χ3v) is 6.36. The predicted octanol–water partition coefficient (Wildman–Crippen LogP) is 0.958. The molecule has 1 aliphatic carbocycles. The number of likely N-dealkylation sites (tertiary alicyclic amines) is 1. The molecule has 3 fully saturated rings. The second kappa shape index (κ2) is 9.03. The summed E-state index contributed by atoms with van der Waals surface area (Å²) in [7, 11) is 0. The van der Waals surface area contributed by atoms with E-state index in [1.807, 2.05) is 4.90 Å². The van der Waals surface area contributed by atoms with Crippen LogP contribution in [-0.4, -0.2) is 83.9 Å². The average molecular weight is 376 g/mol. The fourth-order valence-electron chi connectivity index (χ4n) is 4.61. The van der Waals surface area contributed by atoms with Gasteiger partial charge in [-0.05, 0) is 51.9 Å². The number of carbonyl (C=O) groups is 2. The molecule has 0 bridgehead atoms. The second-order valence-electron chi connectivity index (χ2n) is 8.43. The zero-order valence-corrected chi connectivity index (χ0v) is 16.6. The topological polar surface area (TPSA) is 79.7 Å². The highest BCUT2D eigenvalue weighted by Crippen LogP contribution is 2.28. The van der Waals surface area contributed by atoms with Crippen LogP contribution in [0.5, 0.6) is 0 Å². The van der Waals surface area contributed by atoms with E-state index in [1.54, 1.807) is 0 Å². The van der Waals surface area contributed by atoms with Crippen LogP contribution in [0, 0.1) is 11.3 Å². The number of rotatable bonds is 5. The maximum atomic E-state index is 12.6. The molecular formula is C20H33N5O2. The van der Waals surface area contributed by atoms with E-state index in [2.05, 4.69) is 28.1 Å². The molecule has 0 aromatic carbocycles. The molecule has 1 atom stereocenters. The van der Waals surface area contributed by atoms with Gasteiger partial charge in [-0.2, -0.15) is 5.26 Å². The number of hydrogen-bond acceptors (Lipinski definition) is 5. The van der Waals surface area contributed by atoms with Gasteiger partial charge in [-0.1, -0.05) is 0 Å². The molecule has 2 heterocycles. The van der Waals surface area contributed by atoms with Crippen LogP contribution in [0.15, 0.2) is 0 Å². The number of nitrogens with one attached hydrogen (secondary N) is 1. The SMILES string of the molecule is C[C@@H]1CCCCN1C(=O)CN1CCN(CC(=O)NC2(C#N)CCCC2)CC1. The zero-order valence-electron chi connectivity index (χ0n) is 16.6. The normalized spacial score (nSPS) is 26.5. The summed E-state index contributed by atoms with van der Waals surface area (Å²) in [5.41, 5.74) is -0.642. The molecule has 150 valence electrons. The molecule has 3 rings (SSSR count). The number of nitriles is 1. The van der Waals surface area contributed by atoms with Gasteiger partial charge in [0.1, 0.15) is 5.54 Å². The summed E-state index contributed by atoms with van der Waals surface area (Å²) in [6, 6.07) is 2.67. The molecule has 27 heavy (non-hydrogen) atoms. The van der Waals surface area contributed by atoms with E-state index in [4.69, 9.17) is 0 Å². The Bertz CT molecular complexity index is 573. The Hall–Kier alpha value is -1.65. The Morgan fingerprint density at radius 2 is 1.63 bits per heavy atom. The summed E-state index contributed by atoms with van der Waals surface area (Å²) >= 11 is 0. The Kier molecular flexibility index (Phi) is 6.72. The Morgan fingerprint density at radius 1 is 1.00 bits per heavy atom. The van der Waals surface area contributed by atoms with Crippen molar-refractivity contribution in [3.63, 3.8) is 0 Å². The fourth-order valence-corrected chi connectivity index (χ4v) is 4.61. The first-order valence-corrected chi connectivity index (χ1v) is 10.5. The summed E-state index contributed by atoms with van der Waals surface area (Å²) in [4.78, 5) is 31.3. The van der Waals surface area contributed by atoms with E-state index < -0.39 is 5.54 Å². The van der Waals surface area contributed by atoms with Gasteiger partial charge in [0, 0.05) is 38.8 Å². The molecule has 7 heteroatoms. The maximum absolute atomic E-state index is 12.6. The number of carbonyl (C=O) groups excluding carboxylic acids is 2. The summed E-state index contributed by atoms with van der Waals surface area (Å²) < 4.78 is 0. The molecule has 0 unspecified atom stereocenters. The number of piperidine rings is 1. The molecule has 2 aliphatic heterocycles. The van der Waals surface area contributed by atoms with E-state index >= 15 is 0 Å². The van der Waals surface area contributed by atoms with Crippen molar-refractivity contribution in [1.82, 2.24) is 20.0 Å². The van der Waals surface area contributed by atoms with Gasteiger partial charge in [0.15, 0.2) is 0 Å². The van der Waals surface area contributed by atoms with Crippen LogP contribution < -0.4 is 5.32 Å². The van der Waals surface area contributed by atoms with Gasteiger partial charge < -0.3 is 10.2 Å². The van der Waals surface area contributed by atoms with E-state index in [0.29, 0.717) is 19.1 Å². The lowest BCUT2D eigenvalue weighted by molar-refractivity contribution is -0.136. The highest BCUT2D eigenvalue weighted by Gasteiger charge is 2.35. The van der Waals surface area contributed by atoms with Gasteiger partial charge in [-0.25, -0.2) is 0 Å². The minimum Gasteiger partial charge on any atom is -0.339 e. The van der Waals surface area contributed by atoms with Crippen LogP contribution in [-0.2, 0) is 9.59 Å². The van der Waals surface area contributed by atoms with Gasteiger partial charge in [0.2, 0.25) is 11.8 Å². The number of hydrogen-bond donors (Lipinski definition) is 1. The Balaban J connectivity index is 1.39. The van der Waals surface area contributed by atoms with Crippen LogP contribution in [0.2, 0.25) is 0 Å². The maximum Gasteiger partial charge on any atom is 0.236 e.